The van der Waals surface area contributed by atoms with Crippen molar-refractivity contribution in [3.8, 4) is 0 Å². The van der Waals surface area contributed by atoms with Crippen molar-refractivity contribution in [2.75, 3.05) is 0 Å². The molecule has 1 aromatic carbocycles. The maximum absolute atomic E-state index is 12.7. The van der Waals surface area contributed by atoms with Gasteiger partial charge >= 0.3 is 0 Å². The van der Waals surface area contributed by atoms with E-state index in [2.05, 4.69) is 0 Å². The molecule has 0 radical (unpaired) electrons. The van der Waals surface area contributed by atoms with E-state index in [1.807, 2.05) is 0 Å². The van der Waals surface area contributed by atoms with E-state index in [-0.39, 0.29) is 5.56 Å². The molecule has 0 aliphatic heterocycles. The molecule has 2 heteroatoms. The number of hydrogen-bond acceptors (Lipinski definition) is 0. The largest absolute Gasteiger partial charge is 0.207 e. The highest BCUT2D eigenvalue weighted by atomic mass is 19.1. The summed E-state index contributed by atoms with van der Waals surface area (Å²) in [5.41, 5.74) is 0.285. The van der Waals surface area contributed by atoms with E-state index >= 15 is 0 Å². The highest BCUT2D eigenvalue weighted by Gasteiger charge is 1.98. The van der Waals surface area contributed by atoms with Gasteiger partial charge in [-0.1, -0.05) is 12.2 Å². The van der Waals surface area contributed by atoms with Gasteiger partial charge < -0.3 is 0 Å². The second-order valence-corrected chi connectivity index (χ2v) is 2.17. The van der Waals surface area contributed by atoms with E-state index in [0.29, 0.717) is 0 Å². The second kappa shape index (κ2) is 3.28. The smallest absolute Gasteiger partial charge is 0.130 e. The Balaban J connectivity index is 3.12. The van der Waals surface area contributed by atoms with Crippen molar-refractivity contribution in [3.05, 3.63) is 41.5 Å². The molecule has 0 bridgehead atoms. The van der Waals surface area contributed by atoms with Crippen LogP contribution >= 0.6 is 0 Å². The molecule has 0 fully saturated rings. The summed E-state index contributed by atoms with van der Waals surface area (Å²) in [5.74, 6) is -0.816. The summed E-state index contributed by atoms with van der Waals surface area (Å²) >= 11 is 0. The van der Waals surface area contributed by atoms with Gasteiger partial charge in [-0.15, -0.1) is 0 Å². The Labute approximate surface area is 64.2 Å². The standard InChI is InChI=1S/C9H8F2/c1-2-3-7-6-8(10)4-5-9(7)11/h2-6H,1H3/b3-2+. The van der Waals surface area contributed by atoms with Crippen LogP contribution in [0.4, 0.5) is 8.78 Å². The summed E-state index contributed by atoms with van der Waals surface area (Å²) in [5, 5.41) is 0. The monoisotopic (exact) mass is 154 g/mol. The fraction of sp³-hybridized carbons (Fsp3) is 0.111. The maximum Gasteiger partial charge on any atom is 0.130 e. The Bertz CT molecular complexity index is 277. The molecular formula is C9H8F2. The van der Waals surface area contributed by atoms with Crippen molar-refractivity contribution >= 4 is 6.08 Å². The number of rotatable bonds is 1. The third kappa shape index (κ3) is 1.87. The molecule has 0 N–H and O–H groups in total. The van der Waals surface area contributed by atoms with Gasteiger partial charge in [0, 0.05) is 5.56 Å². The quantitative estimate of drug-likeness (QED) is 0.583. The van der Waals surface area contributed by atoms with Gasteiger partial charge in [-0.3, -0.25) is 0 Å². The van der Waals surface area contributed by atoms with Gasteiger partial charge in [0.15, 0.2) is 0 Å². The van der Waals surface area contributed by atoms with Crippen molar-refractivity contribution in [1.29, 1.82) is 0 Å². The summed E-state index contributed by atoms with van der Waals surface area (Å²) in [7, 11) is 0. The molecule has 1 aromatic rings. The number of halogens is 2. The SMILES string of the molecule is C/C=C/c1cc(F)ccc1F. The van der Waals surface area contributed by atoms with Crippen LogP contribution in [0, 0.1) is 11.6 Å². The third-order valence-electron chi connectivity index (χ3n) is 1.30. The fourth-order valence-electron chi connectivity index (χ4n) is 0.822. The van der Waals surface area contributed by atoms with Crippen molar-refractivity contribution in [2.24, 2.45) is 0 Å². The lowest BCUT2D eigenvalue weighted by molar-refractivity contribution is 0.598. The van der Waals surface area contributed by atoms with Crippen LogP contribution in [0.3, 0.4) is 0 Å². The van der Waals surface area contributed by atoms with Crippen LogP contribution in [0.5, 0.6) is 0 Å². The summed E-state index contributed by atoms with van der Waals surface area (Å²) in [6.07, 6.45) is 3.19. The molecule has 0 unspecified atom stereocenters. The summed E-state index contributed by atoms with van der Waals surface area (Å²) in [6, 6.07) is 3.38. The minimum atomic E-state index is -0.417. The molecule has 0 heterocycles. The summed E-state index contributed by atoms with van der Waals surface area (Å²) in [4.78, 5) is 0. The topological polar surface area (TPSA) is 0 Å². The Morgan fingerprint density at radius 2 is 2.00 bits per heavy atom. The van der Waals surface area contributed by atoms with E-state index in [1.54, 1.807) is 13.0 Å². The molecule has 0 aliphatic carbocycles. The first kappa shape index (κ1) is 7.92. The van der Waals surface area contributed by atoms with E-state index in [9.17, 15) is 8.78 Å². The zero-order valence-corrected chi connectivity index (χ0v) is 6.14. The zero-order chi connectivity index (χ0) is 8.27. The number of hydrogen-bond donors (Lipinski definition) is 0. The van der Waals surface area contributed by atoms with Gasteiger partial charge in [-0.2, -0.15) is 0 Å². The van der Waals surface area contributed by atoms with Gasteiger partial charge in [0.05, 0.1) is 0 Å². The first-order valence-corrected chi connectivity index (χ1v) is 3.32. The van der Waals surface area contributed by atoms with Crippen LogP contribution in [0.1, 0.15) is 12.5 Å². The maximum atomic E-state index is 12.7. The Morgan fingerprint density at radius 1 is 1.27 bits per heavy atom. The number of allylic oxidation sites excluding steroid dienone is 1. The minimum absolute atomic E-state index is 0.285. The van der Waals surface area contributed by atoms with E-state index in [4.69, 9.17) is 0 Å². The lowest BCUT2D eigenvalue weighted by atomic mass is 10.2. The second-order valence-electron chi connectivity index (χ2n) is 2.17. The highest BCUT2D eigenvalue weighted by molar-refractivity contribution is 5.49. The zero-order valence-electron chi connectivity index (χ0n) is 6.14. The molecule has 0 amide bonds. The molecule has 0 saturated carbocycles. The van der Waals surface area contributed by atoms with Crippen molar-refractivity contribution < 1.29 is 8.78 Å². The van der Waals surface area contributed by atoms with Crippen LogP contribution in [0.15, 0.2) is 24.3 Å². The van der Waals surface area contributed by atoms with Gasteiger partial charge in [-0.25, -0.2) is 8.78 Å². The molecule has 0 aromatic heterocycles. The van der Waals surface area contributed by atoms with Crippen molar-refractivity contribution in [1.82, 2.24) is 0 Å². The van der Waals surface area contributed by atoms with Gasteiger partial charge in [-0.05, 0) is 25.1 Å². The number of benzene rings is 1. The molecule has 0 nitrogen and oxygen atoms in total. The Morgan fingerprint density at radius 3 is 2.64 bits per heavy atom. The van der Waals surface area contributed by atoms with Crippen LogP contribution < -0.4 is 0 Å². The molecule has 0 spiro atoms. The average Bonchev–Trinajstić information content (AvgIpc) is 1.98. The van der Waals surface area contributed by atoms with Crippen LogP contribution in [0.2, 0.25) is 0 Å². The molecule has 0 aliphatic rings. The minimum Gasteiger partial charge on any atom is -0.207 e. The normalized spacial score (nSPS) is 10.8. The first-order valence-electron chi connectivity index (χ1n) is 3.32. The molecule has 11 heavy (non-hydrogen) atoms. The lowest BCUT2D eigenvalue weighted by Crippen LogP contribution is -1.82. The molecule has 1 rings (SSSR count). The van der Waals surface area contributed by atoms with E-state index in [1.165, 1.54) is 6.08 Å². The summed E-state index contributed by atoms with van der Waals surface area (Å²) in [6.45, 7) is 1.75. The average molecular weight is 154 g/mol. The van der Waals surface area contributed by atoms with E-state index < -0.39 is 11.6 Å². The molecule has 58 valence electrons. The molecular weight excluding hydrogens is 146 g/mol. The van der Waals surface area contributed by atoms with Gasteiger partial charge in [0.25, 0.3) is 0 Å². The van der Waals surface area contributed by atoms with Gasteiger partial charge in [0.1, 0.15) is 11.6 Å². The predicted molar refractivity (Wildman–Crippen MR) is 41.1 cm³/mol. The fourth-order valence-corrected chi connectivity index (χ4v) is 0.822. The van der Waals surface area contributed by atoms with Gasteiger partial charge in [0.2, 0.25) is 0 Å². The molecule has 0 saturated heterocycles. The Kier molecular flexibility index (Phi) is 2.36. The first-order chi connectivity index (χ1) is 5.24. The lowest BCUT2D eigenvalue weighted by Gasteiger charge is -1.94. The third-order valence-corrected chi connectivity index (χ3v) is 1.30. The van der Waals surface area contributed by atoms with Crippen molar-refractivity contribution in [3.63, 3.8) is 0 Å². The van der Waals surface area contributed by atoms with Crippen LogP contribution in [-0.4, -0.2) is 0 Å². The van der Waals surface area contributed by atoms with Crippen LogP contribution in [0.25, 0.3) is 6.08 Å². The summed E-state index contributed by atoms with van der Waals surface area (Å²) < 4.78 is 25.2. The molecule has 0 atom stereocenters. The van der Waals surface area contributed by atoms with Crippen LogP contribution in [-0.2, 0) is 0 Å². The highest BCUT2D eigenvalue weighted by Crippen LogP contribution is 2.10. The predicted octanol–water partition coefficient (Wildman–Crippen LogP) is 3.00. The van der Waals surface area contributed by atoms with Crippen molar-refractivity contribution in [2.45, 2.75) is 6.92 Å². The Hall–Kier alpha value is -1.18. The van der Waals surface area contributed by atoms with E-state index in [0.717, 1.165) is 18.2 Å².